The van der Waals surface area contributed by atoms with Gasteiger partial charge in [0, 0.05) is 12.3 Å². The maximum absolute atomic E-state index is 12.8. The van der Waals surface area contributed by atoms with Gasteiger partial charge < -0.3 is 9.64 Å². The smallest absolute Gasteiger partial charge is 0.433 e. The summed E-state index contributed by atoms with van der Waals surface area (Å²) < 4.78 is 45.3. The Morgan fingerprint density at radius 3 is 2.67 bits per heavy atom. The van der Waals surface area contributed by atoms with Crippen molar-refractivity contribution in [2.75, 3.05) is 13.1 Å². The Labute approximate surface area is 152 Å². The van der Waals surface area contributed by atoms with Crippen LogP contribution in [-0.4, -0.2) is 44.4 Å². The largest absolute Gasteiger partial charge is 0.471 e. The molecule has 27 heavy (non-hydrogen) atoms. The molecule has 0 saturated carbocycles. The zero-order chi connectivity index (χ0) is 19.2. The zero-order valence-corrected chi connectivity index (χ0v) is 14.3. The van der Waals surface area contributed by atoms with Gasteiger partial charge in [0.1, 0.15) is 23.1 Å². The van der Waals surface area contributed by atoms with Gasteiger partial charge in [0.15, 0.2) is 0 Å². The molecule has 0 bridgehead atoms. The van der Waals surface area contributed by atoms with Crippen LogP contribution in [0.25, 0.3) is 5.65 Å². The second-order valence-electron chi connectivity index (χ2n) is 6.28. The molecule has 4 heterocycles. The normalized spacial score (nSPS) is 15.0. The molecule has 1 amide bonds. The van der Waals surface area contributed by atoms with Gasteiger partial charge in [-0.05, 0) is 25.1 Å². The van der Waals surface area contributed by atoms with Gasteiger partial charge in [0.05, 0.1) is 18.8 Å². The Morgan fingerprint density at radius 2 is 1.93 bits per heavy atom. The predicted octanol–water partition coefficient (Wildman–Crippen LogP) is 2.96. The van der Waals surface area contributed by atoms with Crippen molar-refractivity contribution in [2.24, 2.45) is 0 Å². The van der Waals surface area contributed by atoms with E-state index in [2.05, 4.69) is 9.97 Å². The van der Waals surface area contributed by atoms with E-state index in [1.54, 1.807) is 22.4 Å². The Kier molecular flexibility index (Phi) is 4.01. The number of carbonyl (C=O) groups is 1. The molecule has 9 heteroatoms. The lowest BCUT2D eigenvalue weighted by atomic mass is 10.1. The molecular weight excluding hydrogens is 361 g/mol. The molecule has 140 valence electrons. The quantitative estimate of drug-likeness (QED) is 0.705. The lowest BCUT2D eigenvalue weighted by molar-refractivity contribution is -0.141. The van der Waals surface area contributed by atoms with Crippen LogP contribution in [0.3, 0.4) is 0 Å². The molecule has 0 aromatic carbocycles. The summed E-state index contributed by atoms with van der Waals surface area (Å²) in [4.78, 5) is 22.2. The molecule has 4 rings (SSSR count). The van der Waals surface area contributed by atoms with Crippen molar-refractivity contribution in [1.29, 1.82) is 0 Å². The minimum Gasteiger partial charge on any atom is -0.471 e. The highest BCUT2D eigenvalue weighted by Gasteiger charge is 2.36. The van der Waals surface area contributed by atoms with E-state index in [0.717, 1.165) is 6.07 Å². The van der Waals surface area contributed by atoms with E-state index < -0.39 is 18.0 Å². The third-order valence-electron chi connectivity index (χ3n) is 4.34. The number of halogens is 3. The molecule has 0 N–H and O–H groups in total. The van der Waals surface area contributed by atoms with Crippen molar-refractivity contribution < 1.29 is 22.7 Å². The van der Waals surface area contributed by atoms with Gasteiger partial charge in [-0.2, -0.15) is 13.2 Å². The number of fused-ring (bicyclic) bond motifs is 1. The van der Waals surface area contributed by atoms with Crippen LogP contribution in [0.5, 0.6) is 5.88 Å². The van der Waals surface area contributed by atoms with Crippen LogP contribution in [0.4, 0.5) is 13.2 Å². The van der Waals surface area contributed by atoms with E-state index in [-0.39, 0.29) is 24.9 Å². The van der Waals surface area contributed by atoms with Crippen molar-refractivity contribution in [3.8, 4) is 5.88 Å². The summed E-state index contributed by atoms with van der Waals surface area (Å²) in [7, 11) is 0. The standard InChI is InChI=1S/C18H15F3N4O2/c1-11-16(25-8-3-2-6-14(25)22-11)17(26)24-9-12(10-24)27-15-7-4-5-13(23-15)18(19,20)21/h2-8,12H,9-10H2,1H3. The molecule has 0 aliphatic carbocycles. The summed E-state index contributed by atoms with van der Waals surface area (Å²) in [5.41, 5.74) is 0.768. The number of alkyl halides is 3. The van der Waals surface area contributed by atoms with E-state index in [9.17, 15) is 18.0 Å². The number of hydrogen-bond acceptors (Lipinski definition) is 4. The average Bonchev–Trinajstić information content (AvgIpc) is 2.92. The Balaban J connectivity index is 1.44. The number of rotatable bonds is 3. The van der Waals surface area contributed by atoms with Crippen molar-refractivity contribution in [2.45, 2.75) is 19.2 Å². The first-order valence-electron chi connectivity index (χ1n) is 8.27. The average molecular weight is 376 g/mol. The summed E-state index contributed by atoms with van der Waals surface area (Å²) in [6.07, 6.45) is -3.16. The molecule has 0 radical (unpaired) electrons. The first-order chi connectivity index (χ1) is 12.8. The van der Waals surface area contributed by atoms with Gasteiger partial charge in [0.25, 0.3) is 5.91 Å². The number of imidazole rings is 1. The van der Waals surface area contributed by atoms with E-state index in [1.807, 2.05) is 18.2 Å². The predicted molar refractivity (Wildman–Crippen MR) is 89.5 cm³/mol. The number of likely N-dealkylation sites (tertiary alicyclic amines) is 1. The molecule has 3 aromatic rings. The van der Waals surface area contributed by atoms with Gasteiger partial charge in [-0.3, -0.25) is 9.20 Å². The molecule has 3 aromatic heterocycles. The molecule has 0 atom stereocenters. The van der Waals surface area contributed by atoms with Crippen LogP contribution in [-0.2, 0) is 6.18 Å². The highest BCUT2D eigenvalue weighted by atomic mass is 19.4. The molecule has 6 nitrogen and oxygen atoms in total. The van der Waals surface area contributed by atoms with Crippen molar-refractivity contribution in [3.63, 3.8) is 0 Å². The summed E-state index contributed by atoms with van der Waals surface area (Å²) in [5, 5.41) is 0. The SMILES string of the molecule is Cc1nc2ccccn2c1C(=O)N1CC(Oc2cccc(C(F)(F)F)n2)C1. The summed E-state index contributed by atoms with van der Waals surface area (Å²) in [6, 6.07) is 8.96. The minimum absolute atomic E-state index is 0.104. The van der Waals surface area contributed by atoms with Gasteiger partial charge in [-0.25, -0.2) is 9.97 Å². The Bertz CT molecular complexity index is 1010. The molecule has 0 spiro atoms. The summed E-state index contributed by atoms with van der Waals surface area (Å²) >= 11 is 0. The van der Waals surface area contributed by atoms with Crippen LogP contribution in [0.1, 0.15) is 21.9 Å². The zero-order valence-electron chi connectivity index (χ0n) is 14.3. The summed E-state index contributed by atoms with van der Waals surface area (Å²) in [5.74, 6) is -0.295. The second kappa shape index (κ2) is 6.26. The van der Waals surface area contributed by atoms with E-state index in [0.29, 0.717) is 17.0 Å². The van der Waals surface area contributed by atoms with Crippen LogP contribution >= 0.6 is 0 Å². The minimum atomic E-state index is -4.53. The maximum Gasteiger partial charge on any atom is 0.433 e. The number of aromatic nitrogens is 3. The number of hydrogen-bond donors (Lipinski definition) is 0. The maximum atomic E-state index is 12.8. The fourth-order valence-corrected chi connectivity index (χ4v) is 3.01. The van der Waals surface area contributed by atoms with Crippen molar-refractivity contribution >= 4 is 11.6 Å². The van der Waals surface area contributed by atoms with Gasteiger partial charge >= 0.3 is 6.18 Å². The fourth-order valence-electron chi connectivity index (χ4n) is 3.01. The molecule has 1 aliphatic rings. The van der Waals surface area contributed by atoms with Crippen molar-refractivity contribution in [3.05, 3.63) is 59.7 Å². The van der Waals surface area contributed by atoms with E-state index in [4.69, 9.17) is 4.74 Å². The van der Waals surface area contributed by atoms with Crippen LogP contribution < -0.4 is 4.74 Å². The third-order valence-corrected chi connectivity index (χ3v) is 4.34. The Hall–Kier alpha value is -3.10. The highest BCUT2D eigenvalue weighted by Crippen LogP contribution is 2.29. The van der Waals surface area contributed by atoms with Crippen LogP contribution in [0.15, 0.2) is 42.6 Å². The van der Waals surface area contributed by atoms with Gasteiger partial charge in [-0.15, -0.1) is 0 Å². The number of nitrogens with zero attached hydrogens (tertiary/aromatic N) is 4. The highest BCUT2D eigenvalue weighted by molar-refractivity contribution is 5.95. The molecular formula is C18H15F3N4O2. The molecule has 1 fully saturated rings. The van der Waals surface area contributed by atoms with Crippen LogP contribution in [0.2, 0.25) is 0 Å². The first kappa shape index (κ1) is 17.3. The number of amides is 1. The number of pyridine rings is 2. The first-order valence-corrected chi connectivity index (χ1v) is 8.27. The van der Waals surface area contributed by atoms with E-state index >= 15 is 0 Å². The lowest BCUT2D eigenvalue weighted by Gasteiger charge is -2.38. The summed E-state index contributed by atoms with van der Waals surface area (Å²) in [6.45, 7) is 2.31. The third kappa shape index (κ3) is 3.20. The Morgan fingerprint density at radius 1 is 1.15 bits per heavy atom. The molecule has 1 aliphatic heterocycles. The van der Waals surface area contributed by atoms with Crippen LogP contribution in [0, 0.1) is 6.92 Å². The van der Waals surface area contributed by atoms with Gasteiger partial charge in [-0.1, -0.05) is 12.1 Å². The topological polar surface area (TPSA) is 59.7 Å². The molecule has 1 saturated heterocycles. The monoisotopic (exact) mass is 376 g/mol. The second-order valence-corrected chi connectivity index (χ2v) is 6.28. The van der Waals surface area contributed by atoms with Crippen molar-refractivity contribution in [1.82, 2.24) is 19.3 Å². The number of ether oxygens (including phenoxy) is 1. The van der Waals surface area contributed by atoms with E-state index in [1.165, 1.54) is 12.1 Å². The van der Waals surface area contributed by atoms with Gasteiger partial charge in [0.2, 0.25) is 5.88 Å². The number of carbonyl (C=O) groups excluding carboxylic acids is 1. The lowest BCUT2D eigenvalue weighted by Crippen LogP contribution is -2.56. The number of aryl methyl sites for hydroxylation is 1. The molecule has 0 unspecified atom stereocenters. The fraction of sp³-hybridized carbons (Fsp3) is 0.278.